The molecule has 4 saturated carbocycles. The van der Waals surface area contributed by atoms with Crippen molar-refractivity contribution >= 4 is 23.6 Å². The van der Waals surface area contributed by atoms with Gasteiger partial charge in [-0.3, -0.25) is 4.79 Å². The SMILES string of the molecule is C[C@H](NC(=O)Nc1ccccc1)C(=O)OCC(=O)N[C@@H](C)C12CC3CC(CC(C3)C1)C2. The van der Waals surface area contributed by atoms with E-state index in [2.05, 4.69) is 22.9 Å². The minimum atomic E-state index is -0.864. The molecule has 5 rings (SSSR count). The Morgan fingerprint density at radius 2 is 1.55 bits per heavy atom. The number of carbonyl (C=O) groups excluding carboxylic acids is 3. The van der Waals surface area contributed by atoms with E-state index in [0.717, 1.165) is 17.8 Å². The quantitative estimate of drug-likeness (QED) is 0.581. The number of esters is 1. The standard InChI is InChI=1S/C24H33N3O4/c1-15(25-23(30)27-20-6-4-3-5-7-20)22(29)31-14-21(28)26-16(2)24-11-17-8-18(12-24)10-19(9-17)13-24/h3-7,15-19H,8-14H2,1-2H3,(H,26,28)(H2,25,27,30)/t15-,16-,17?,18?,19?,24?/m0/s1. The van der Waals surface area contributed by atoms with E-state index >= 15 is 0 Å². The van der Waals surface area contributed by atoms with Crippen LogP contribution >= 0.6 is 0 Å². The van der Waals surface area contributed by atoms with Gasteiger partial charge in [-0.2, -0.15) is 0 Å². The summed E-state index contributed by atoms with van der Waals surface area (Å²) in [5, 5.41) is 8.26. The number of urea groups is 1. The zero-order valence-electron chi connectivity index (χ0n) is 18.4. The van der Waals surface area contributed by atoms with E-state index in [-0.39, 0.29) is 24.0 Å². The molecule has 7 heteroatoms. The van der Waals surface area contributed by atoms with Crippen molar-refractivity contribution in [3.63, 3.8) is 0 Å². The number of benzene rings is 1. The molecule has 0 radical (unpaired) electrons. The van der Waals surface area contributed by atoms with Crippen LogP contribution < -0.4 is 16.0 Å². The van der Waals surface area contributed by atoms with Gasteiger partial charge in [0.25, 0.3) is 5.91 Å². The van der Waals surface area contributed by atoms with Crippen molar-refractivity contribution in [2.75, 3.05) is 11.9 Å². The van der Waals surface area contributed by atoms with Crippen LogP contribution in [0.5, 0.6) is 0 Å². The molecule has 3 N–H and O–H groups in total. The average molecular weight is 428 g/mol. The maximum Gasteiger partial charge on any atom is 0.328 e. The van der Waals surface area contributed by atoms with Crippen molar-refractivity contribution in [2.45, 2.75) is 64.5 Å². The number of ether oxygens (including phenoxy) is 1. The largest absolute Gasteiger partial charge is 0.454 e. The Kier molecular flexibility index (Phi) is 6.21. The molecule has 4 aliphatic rings. The lowest BCUT2D eigenvalue weighted by molar-refractivity contribution is -0.150. The van der Waals surface area contributed by atoms with Gasteiger partial charge in [-0.15, -0.1) is 0 Å². The molecule has 2 atom stereocenters. The summed E-state index contributed by atoms with van der Waals surface area (Å²) in [6.45, 7) is 3.30. The van der Waals surface area contributed by atoms with Crippen molar-refractivity contribution in [3.8, 4) is 0 Å². The summed E-state index contributed by atoms with van der Waals surface area (Å²) in [5.41, 5.74) is 0.831. The Morgan fingerprint density at radius 3 is 2.13 bits per heavy atom. The van der Waals surface area contributed by atoms with Gasteiger partial charge in [-0.25, -0.2) is 9.59 Å². The Bertz CT molecular complexity index is 790. The first kappa shape index (κ1) is 21.7. The molecule has 0 saturated heterocycles. The second-order valence-electron chi connectivity index (χ2n) is 9.86. The Labute approximate surface area is 183 Å². The number of hydrogen-bond acceptors (Lipinski definition) is 4. The van der Waals surface area contributed by atoms with E-state index in [1.807, 2.05) is 6.07 Å². The minimum Gasteiger partial charge on any atom is -0.454 e. The van der Waals surface area contributed by atoms with Crippen LogP contribution in [0.25, 0.3) is 0 Å². The molecule has 1 aromatic rings. The fourth-order valence-electron chi connectivity index (χ4n) is 6.35. The van der Waals surface area contributed by atoms with Gasteiger partial charge in [-0.05, 0) is 87.7 Å². The normalized spacial score (nSPS) is 30.2. The maximum absolute atomic E-state index is 12.4. The van der Waals surface area contributed by atoms with Gasteiger partial charge < -0.3 is 20.7 Å². The third-order valence-electron chi connectivity index (χ3n) is 7.46. The van der Waals surface area contributed by atoms with Crippen LogP contribution in [0, 0.1) is 23.2 Å². The number of hydrogen-bond donors (Lipinski definition) is 3. The number of nitrogens with one attached hydrogen (secondary N) is 3. The number of para-hydroxylation sites is 1. The van der Waals surface area contributed by atoms with Crippen LogP contribution in [0.2, 0.25) is 0 Å². The Hall–Kier alpha value is -2.57. The predicted octanol–water partition coefficient (Wildman–Crippen LogP) is 3.46. The van der Waals surface area contributed by atoms with Gasteiger partial charge in [0.05, 0.1) is 0 Å². The first-order valence-electron chi connectivity index (χ1n) is 11.4. The molecule has 31 heavy (non-hydrogen) atoms. The molecule has 0 aliphatic heterocycles. The first-order valence-corrected chi connectivity index (χ1v) is 11.4. The summed E-state index contributed by atoms with van der Waals surface area (Å²) in [6, 6.07) is 7.66. The van der Waals surface area contributed by atoms with E-state index in [1.54, 1.807) is 24.3 Å². The Balaban J connectivity index is 1.20. The molecule has 0 spiro atoms. The second kappa shape index (κ2) is 8.89. The minimum absolute atomic E-state index is 0.0827. The highest BCUT2D eigenvalue weighted by Crippen LogP contribution is 2.61. The van der Waals surface area contributed by atoms with Crippen molar-refractivity contribution < 1.29 is 19.1 Å². The van der Waals surface area contributed by atoms with E-state index in [9.17, 15) is 14.4 Å². The lowest BCUT2D eigenvalue weighted by Gasteiger charge is -2.59. The van der Waals surface area contributed by atoms with Gasteiger partial charge in [0.2, 0.25) is 0 Å². The van der Waals surface area contributed by atoms with E-state index in [1.165, 1.54) is 45.4 Å². The Morgan fingerprint density at radius 1 is 0.968 bits per heavy atom. The van der Waals surface area contributed by atoms with Crippen molar-refractivity contribution in [1.29, 1.82) is 0 Å². The van der Waals surface area contributed by atoms with E-state index in [4.69, 9.17) is 4.74 Å². The number of anilines is 1. The highest BCUT2D eigenvalue weighted by Gasteiger charge is 2.53. The lowest BCUT2D eigenvalue weighted by Crippen LogP contribution is -2.56. The lowest BCUT2D eigenvalue weighted by atomic mass is 9.48. The summed E-state index contributed by atoms with van der Waals surface area (Å²) in [6.07, 6.45) is 7.70. The van der Waals surface area contributed by atoms with Crippen molar-refractivity contribution in [1.82, 2.24) is 10.6 Å². The fourth-order valence-corrected chi connectivity index (χ4v) is 6.35. The molecule has 168 valence electrons. The van der Waals surface area contributed by atoms with Crippen LogP contribution in [-0.4, -0.2) is 36.6 Å². The van der Waals surface area contributed by atoms with Crippen molar-refractivity contribution in [3.05, 3.63) is 30.3 Å². The summed E-state index contributed by atoms with van der Waals surface area (Å²) in [4.78, 5) is 36.7. The van der Waals surface area contributed by atoms with Crippen LogP contribution in [0.1, 0.15) is 52.4 Å². The van der Waals surface area contributed by atoms with Crippen LogP contribution in [0.3, 0.4) is 0 Å². The zero-order valence-corrected chi connectivity index (χ0v) is 18.4. The third-order valence-corrected chi connectivity index (χ3v) is 7.46. The topological polar surface area (TPSA) is 96.5 Å². The molecular weight excluding hydrogens is 394 g/mol. The first-order chi connectivity index (χ1) is 14.8. The van der Waals surface area contributed by atoms with Gasteiger partial charge in [0.1, 0.15) is 6.04 Å². The maximum atomic E-state index is 12.4. The predicted molar refractivity (Wildman–Crippen MR) is 117 cm³/mol. The smallest absolute Gasteiger partial charge is 0.328 e. The highest BCUT2D eigenvalue weighted by molar-refractivity contribution is 5.92. The highest BCUT2D eigenvalue weighted by atomic mass is 16.5. The third kappa shape index (κ3) is 5.02. The molecule has 0 heterocycles. The summed E-state index contributed by atoms with van der Waals surface area (Å²) in [7, 11) is 0. The summed E-state index contributed by atoms with van der Waals surface area (Å²) < 4.78 is 5.14. The van der Waals surface area contributed by atoms with Gasteiger partial charge in [0, 0.05) is 11.7 Å². The molecule has 4 fully saturated rings. The van der Waals surface area contributed by atoms with Crippen LogP contribution in [0.15, 0.2) is 30.3 Å². The number of amides is 3. The van der Waals surface area contributed by atoms with Crippen LogP contribution in [-0.2, 0) is 14.3 Å². The molecule has 0 unspecified atom stereocenters. The molecular formula is C24H33N3O4. The van der Waals surface area contributed by atoms with E-state index < -0.39 is 18.0 Å². The summed E-state index contributed by atoms with van der Waals surface area (Å²) in [5.74, 6) is 1.53. The fraction of sp³-hybridized carbons (Fsp3) is 0.625. The summed E-state index contributed by atoms with van der Waals surface area (Å²) >= 11 is 0. The molecule has 0 aromatic heterocycles. The second-order valence-corrected chi connectivity index (χ2v) is 9.86. The average Bonchev–Trinajstić information content (AvgIpc) is 2.71. The van der Waals surface area contributed by atoms with E-state index in [0.29, 0.717) is 5.69 Å². The van der Waals surface area contributed by atoms with Crippen molar-refractivity contribution in [2.24, 2.45) is 23.2 Å². The number of rotatable bonds is 7. The zero-order chi connectivity index (χ0) is 22.0. The molecule has 3 amide bonds. The number of carbonyl (C=O) groups is 3. The van der Waals surface area contributed by atoms with Gasteiger partial charge in [0.15, 0.2) is 6.61 Å². The van der Waals surface area contributed by atoms with Gasteiger partial charge in [-0.1, -0.05) is 18.2 Å². The van der Waals surface area contributed by atoms with Crippen LogP contribution in [0.4, 0.5) is 10.5 Å². The monoisotopic (exact) mass is 427 g/mol. The molecule has 4 aliphatic carbocycles. The molecule has 7 nitrogen and oxygen atoms in total. The molecule has 4 bridgehead atoms. The molecule has 1 aromatic carbocycles. The van der Waals surface area contributed by atoms with Gasteiger partial charge >= 0.3 is 12.0 Å².